The second kappa shape index (κ2) is 8.31. The fraction of sp³-hybridized carbons (Fsp3) is 0.333. The SMILES string of the molecule is CN1CC[C@H](NC(=O)CCc2nc(-c3cccnc3)no2)[C@H]1c1ccccc1. The molecular weight excluding hydrogens is 354 g/mol. The number of hydrogen-bond donors (Lipinski definition) is 1. The predicted octanol–water partition coefficient (Wildman–Crippen LogP) is 2.63. The summed E-state index contributed by atoms with van der Waals surface area (Å²) < 4.78 is 5.27. The van der Waals surface area contributed by atoms with E-state index >= 15 is 0 Å². The second-order valence-corrected chi connectivity index (χ2v) is 7.05. The highest BCUT2D eigenvalue weighted by atomic mass is 16.5. The monoisotopic (exact) mass is 377 g/mol. The Kier molecular flexibility index (Phi) is 5.43. The van der Waals surface area contributed by atoms with E-state index in [4.69, 9.17) is 4.52 Å². The van der Waals surface area contributed by atoms with Gasteiger partial charge in [-0.05, 0) is 31.2 Å². The number of benzene rings is 1. The summed E-state index contributed by atoms with van der Waals surface area (Å²) in [6.07, 6.45) is 5.04. The largest absolute Gasteiger partial charge is 0.351 e. The molecule has 0 unspecified atom stereocenters. The Morgan fingerprint density at radius 1 is 1.25 bits per heavy atom. The third-order valence-corrected chi connectivity index (χ3v) is 5.09. The Labute approximate surface area is 163 Å². The van der Waals surface area contributed by atoms with Crippen LogP contribution in [0.5, 0.6) is 0 Å². The summed E-state index contributed by atoms with van der Waals surface area (Å²) >= 11 is 0. The van der Waals surface area contributed by atoms with Gasteiger partial charge in [-0.3, -0.25) is 14.7 Å². The van der Waals surface area contributed by atoms with Gasteiger partial charge in [0.1, 0.15) is 0 Å². The van der Waals surface area contributed by atoms with Gasteiger partial charge < -0.3 is 9.84 Å². The zero-order valence-corrected chi connectivity index (χ0v) is 15.8. The van der Waals surface area contributed by atoms with Crippen molar-refractivity contribution < 1.29 is 9.32 Å². The number of hydrogen-bond acceptors (Lipinski definition) is 6. The van der Waals surface area contributed by atoms with Gasteiger partial charge in [0.15, 0.2) is 0 Å². The molecule has 0 aliphatic carbocycles. The number of carbonyl (C=O) groups excluding carboxylic acids is 1. The second-order valence-electron chi connectivity index (χ2n) is 7.05. The number of rotatable bonds is 6. The smallest absolute Gasteiger partial charge is 0.227 e. The molecule has 1 aliphatic heterocycles. The van der Waals surface area contributed by atoms with E-state index in [1.54, 1.807) is 12.4 Å². The van der Waals surface area contributed by atoms with Gasteiger partial charge in [0.25, 0.3) is 0 Å². The summed E-state index contributed by atoms with van der Waals surface area (Å²) in [5.41, 5.74) is 2.02. The normalized spacial score (nSPS) is 19.6. The highest BCUT2D eigenvalue weighted by Gasteiger charge is 2.33. The van der Waals surface area contributed by atoms with Crippen molar-refractivity contribution in [1.82, 2.24) is 25.3 Å². The van der Waals surface area contributed by atoms with Crippen molar-refractivity contribution in [3.05, 3.63) is 66.3 Å². The number of aryl methyl sites for hydroxylation is 1. The van der Waals surface area contributed by atoms with E-state index in [0.717, 1.165) is 18.5 Å². The van der Waals surface area contributed by atoms with E-state index in [9.17, 15) is 4.79 Å². The van der Waals surface area contributed by atoms with Crippen molar-refractivity contribution in [2.75, 3.05) is 13.6 Å². The molecular formula is C21H23N5O2. The molecule has 2 aromatic heterocycles. The number of aromatic nitrogens is 3. The van der Waals surface area contributed by atoms with Crippen LogP contribution < -0.4 is 5.32 Å². The fourth-order valence-corrected chi connectivity index (χ4v) is 3.70. The molecule has 3 heterocycles. The molecule has 7 nitrogen and oxygen atoms in total. The van der Waals surface area contributed by atoms with Gasteiger partial charge in [0.2, 0.25) is 17.6 Å². The van der Waals surface area contributed by atoms with E-state index in [-0.39, 0.29) is 18.0 Å². The Morgan fingerprint density at radius 3 is 2.89 bits per heavy atom. The minimum absolute atomic E-state index is 0.00218. The van der Waals surface area contributed by atoms with Gasteiger partial charge in [-0.15, -0.1) is 0 Å². The first-order chi connectivity index (χ1) is 13.7. The Morgan fingerprint density at radius 2 is 2.11 bits per heavy atom. The average Bonchev–Trinajstić information content (AvgIpc) is 3.35. The highest BCUT2D eigenvalue weighted by Crippen LogP contribution is 2.30. The molecule has 0 saturated carbocycles. The van der Waals surface area contributed by atoms with Crippen LogP contribution in [0.1, 0.15) is 30.3 Å². The summed E-state index contributed by atoms with van der Waals surface area (Å²) in [5.74, 6) is 0.949. The zero-order valence-electron chi connectivity index (χ0n) is 15.8. The number of nitrogens with one attached hydrogen (secondary N) is 1. The predicted molar refractivity (Wildman–Crippen MR) is 104 cm³/mol. The van der Waals surface area contributed by atoms with E-state index in [1.807, 2.05) is 30.3 Å². The van der Waals surface area contributed by atoms with Crippen LogP contribution in [-0.2, 0) is 11.2 Å². The number of amides is 1. The maximum Gasteiger partial charge on any atom is 0.227 e. The van der Waals surface area contributed by atoms with Gasteiger partial charge in [0, 0.05) is 43.4 Å². The van der Waals surface area contributed by atoms with Crippen LogP contribution in [0.15, 0.2) is 59.4 Å². The van der Waals surface area contributed by atoms with E-state index < -0.39 is 0 Å². The van der Waals surface area contributed by atoms with E-state index in [0.29, 0.717) is 24.6 Å². The molecule has 0 radical (unpaired) electrons. The third kappa shape index (κ3) is 4.09. The lowest BCUT2D eigenvalue weighted by molar-refractivity contribution is -0.122. The Hall–Kier alpha value is -3.06. The summed E-state index contributed by atoms with van der Waals surface area (Å²) in [6.45, 7) is 0.961. The van der Waals surface area contributed by atoms with Crippen molar-refractivity contribution in [2.45, 2.75) is 31.3 Å². The number of carbonyl (C=O) groups is 1. The molecule has 1 saturated heterocycles. The lowest BCUT2D eigenvalue weighted by atomic mass is 10.00. The van der Waals surface area contributed by atoms with Crippen LogP contribution >= 0.6 is 0 Å². The number of likely N-dealkylation sites (tertiary alicyclic amines) is 1. The molecule has 1 fully saturated rings. The highest BCUT2D eigenvalue weighted by molar-refractivity contribution is 5.76. The average molecular weight is 377 g/mol. The minimum atomic E-state index is 0.00218. The first-order valence-corrected chi connectivity index (χ1v) is 9.48. The molecule has 2 atom stereocenters. The maximum absolute atomic E-state index is 12.5. The maximum atomic E-state index is 12.5. The molecule has 144 valence electrons. The molecule has 1 N–H and O–H groups in total. The number of nitrogens with zero attached hydrogens (tertiary/aromatic N) is 4. The van der Waals surface area contributed by atoms with Crippen molar-refractivity contribution in [3.63, 3.8) is 0 Å². The molecule has 1 aromatic carbocycles. The molecule has 1 aliphatic rings. The lowest BCUT2D eigenvalue weighted by Gasteiger charge is -2.26. The molecule has 0 bridgehead atoms. The van der Waals surface area contributed by atoms with Gasteiger partial charge in [-0.25, -0.2) is 0 Å². The summed E-state index contributed by atoms with van der Waals surface area (Å²) in [7, 11) is 2.10. The third-order valence-electron chi connectivity index (χ3n) is 5.09. The molecule has 1 amide bonds. The van der Waals surface area contributed by atoms with Crippen molar-refractivity contribution in [3.8, 4) is 11.4 Å². The summed E-state index contributed by atoms with van der Waals surface area (Å²) in [4.78, 5) is 23.2. The van der Waals surface area contributed by atoms with E-state index in [1.165, 1.54) is 5.56 Å². The van der Waals surface area contributed by atoms with Gasteiger partial charge in [0.05, 0.1) is 6.04 Å². The number of pyridine rings is 1. The van der Waals surface area contributed by atoms with Gasteiger partial charge in [-0.1, -0.05) is 35.5 Å². The van der Waals surface area contributed by atoms with Gasteiger partial charge in [-0.2, -0.15) is 4.98 Å². The quantitative estimate of drug-likeness (QED) is 0.711. The summed E-state index contributed by atoms with van der Waals surface area (Å²) in [6, 6.07) is 14.3. The molecule has 7 heteroatoms. The van der Waals surface area contributed by atoms with Crippen LogP contribution in [0, 0.1) is 0 Å². The molecule has 3 aromatic rings. The first-order valence-electron chi connectivity index (χ1n) is 9.48. The van der Waals surface area contributed by atoms with Crippen molar-refractivity contribution >= 4 is 5.91 Å². The van der Waals surface area contributed by atoms with Crippen LogP contribution in [0.25, 0.3) is 11.4 Å². The van der Waals surface area contributed by atoms with Crippen LogP contribution in [0.4, 0.5) is 0 Å². The van der Waals surface area contributed by atoms with Crippen LogP contribution in [-0.4, -0.2) is 45.6 Å². The van der Waals surface area contributed by atoms with Crippen LogP contribution in [0.2, 0.25) is 0 Å². The summed E-state index contributed by atoms with van der Waals surface area (Å²) in [5, 5.41) is 7.15. The van der Waals surface area contributed by atoms with Crippen LogP contribution in [0.3, 0.4) is 0 Å². The lowest BCUT2D eigenvalue weighted by Crippen LogP contribution is -2.39. The Balaban J connectivity index is 1.34. The fourth-order valence-electron chi connectivity index (χ4n) is 3.70. The zero-order chi connectivity index (χ0) is 19.3. The molecule has 0 spiro atoms. The topological polar surface area (TPSA) is 84.2 Å². The first kappa shape index (κ1) is 18.3. The van der Waals surface area contributed by atoms with Crippen molar-refractivity contribution in [1.29, 1.82) is 0 Å². The van der Waals surface area contributed by atoms with Crippen molar-refractivity contribution in [2.24, 2.45) is 0 Å². The number of likely N-dealkylation sites (N-methyl/N-ethyl adjacent to an activating group) is 1. The van der Waals surface area contributed by atoms with Gasteiger partial charge >= 0.3 is 0 Å². The minimum Gasteiger partial charge on any atom is -0.351 e. The molecule has 28 heavy (non-hydrogen) atoms. The molecule has 4 rings (SSSR count). The Bertz CT molecular complexity index is 913. The van der Waals surface area contributed by atoms with E-state index in [2.05, 4.69) is 44.5 Å². The standard InChI is InChI=1S/C21H23N5O2/c1-26-13-11-17(20(26)15-6-3-2-4-7-15)23-18(27)9-10-19-24-21(25-28-19)16-8-5-12-22-14-16/h2-8,12,14,17,20H,9-11,13H2,1H3,(H,23,27)/t17-,20+/m0/s1.